The Bertz CT molecular complexity index is 1090. The Morgan fingerprint density at radius 2 is 1.77 bits per heavy atom. The summed E-state index contributed by atoms with van der Waals surface area (Å²) in [5, 5.41) is 0.692. The summed E-state index contributed by atoms with van der Waals surface area (Å²) in [4.78, 5) is 18.9. The molecule has 0 aliphatic carbocycles. The highest BCUT2D eigenvalue weighted by atomic mass is 35.5. The van der Waals surface area contributed by atoms with E-state index in [0.717, 1.165) is 5.56 Å². The van der Waals surface area contributed by atoms with E-state index in [1.165, 1.54) is 4.57 Å². The second-order valence-corrected chi connectivity index (χ2v) is 9.04. The van der Waals surface area contributed by atoms with E-state index in [9.17, 15) is 4.79 Å². The quantitative estimate of drug-likeness (QED) is 0.519. The van der Waals surface area contributed by atoms with Crippen LogP contribution >= 0.6 is 11.6 Å². The lowest BCUT2D eigenvalue weighted by molar-refractivity contribution is 0.191. The van der Waals surface area contributed by atoms with Gasteiger partial charge in [0.05, 0.1) is 19.4 Å². The van der Waals surface area contributed by atoms with Gasteiger partial charge in [0.15, 0.2) is 11.5 Å². The third kappa shape index (κ3) is 6.01. The molecule has 0 saturated carbocycles. The van der Waals surface area contributed by atoms with Gasteiger partial charge in [-0.25, -0.2) is 4.79 Å². The van der Waals surface area contributed by atoms with Gasteiger partial charge in [-0.1, -0.05) is 44.5 Å². The van der Waals surface area contributed by atoms with E-state index in [-0.39, 0.29) is 11.1 Å². The van der Waals surface area contributed by atoms with Gasteiger partial charge in [-0.05, 0) is 41.3 Å². The number of nitrogens with zero attached hydrogens (tertiary/aromatic N) is 3. The molecule has 0 spiro atoms. The molecule has 0 saturated heterocycles. The van der Waals surface area contributed by atoms with Crippen LogP contribution in [0.4, 0.5) is 5.82 Å². The van der Waals surface area contributed by atoms with Crippen molar-refractivity contribution in [2.24, 2.45) is 5.41 Å². The number of rotatable bonds is 7. The zero-order valence-electron chi connectivity index (χ0n) is 18.6. The summed E-state index contributed by atoms with van der Waals surface area (Å²) >= 11 is 5.94. The third-order valence-electron chi connectivity index (χ3n) is 4.60. The zero-order chi connectivity index (χ0) is 22.6. The maximum atomic E-state index is 12.7. The summed E-state index contributed by atoms with van der Waals surface area (Å²) in [6.45, 7) is 7.47. The molecule has 3 aromatic rings. The molecule has 0 N–H and O–H groups in total. The molecular formula is C24H28ClN3O3. The van der Waals surface area contributed by atoms with Crippen LogP contribution in [-0.2, 0) is 6.54 Å². The Labute approximate surface area is 188 Å². The fourth-order valence-electron chi connectivity index (χ4n) is 2.97. The summed E-state index contributed by atoms with van der Waals surface area (Å²) < 4.78 is 12.8. The van der Waals surface area contributed by atoms with E-state index in [1.807, 2.05) is 54.4 Å². The number of anilines is 1. The van der Waals surface area contributed by atoms with Crippen molar-refractivity contribution in [3.8, 4) is 17.2 Å². The summed E-state index contributed by atoms with van der Waals surface area (Å²) in [5.41, 5.74) is 1.39. The zero-order valence-corrected chi connectivity index (χ0v) is 19.3. The standard InChI is InChI=1S/C24H28ClN3O3/c1-24(2,3)16-31-20-11-10-19(14-21(20)30-5)28-13-12-22(26-23(28)29)27(4)15-17-6-8-18(25)9-7-17/h6-14H,15-16H2,1-5H3. The normalized spacial score (nSPS) is 11.3. The van der Waals surface area contributed by atoms with Gasteiger partial charge in [0.1, 0.15) is 5.82 Å². The van der Waals surface area contributed by atoms with Crippen molar-refractivity contribution in [2.75, 3.05) is 25.7 Å². The van der Waals surface area contributed by atoms with Gasteiger partial charge in [-0.3, -0.25) is 4.57 Å². The molecule has 2 aromatic carbocycles. The van der Waals surface area contributed by atoms with Crippen molar-refractivity contribution in [1.82, 2.24) is 9.55 Å². The van der Waals surface area contributed by atoms with Gasteiger partial charge < -0.3 is 14.4 Å². The Kier molecular flexibility index (Phi) is 6.91. The number of hydrogen-bond acceptors (Lipinski definition) is 5. The number of methoxy groups -OCH3 is 1. The van der Waals surface area contributed by atoms with Gasteiger partial charge in [0.2, 0.25) is 0 Å². The molecule has 6 nitrogen and oxygen atoms in total. The van der Waals surface area contributed by atoms with Crippen molar-refractivity contribution in [3.63, 3.8) is 0 Å². The highest BCUT2D eigenvalue weighted by Crippen LogP contribution is 2.30. The predicted molar refractivity (Wildman–Crippen MR) is 125 cm³/mol. The minimum Gasteiger partial charge on any atom is -0.493 e. The Balaban J connectivity index is 1.80. The number of halogens is 1. The van der Waals surface area contributed by atoms with E-state index in [4.69, 9.17) is 21.1 Å². The molecule has 0 unspecified atom stereocenters. The van der Waals surface area contributed by atoms with Crippen LogP contribution in [0.25, 0.3) is 5.69 Å². The first-order chi connectivity index (χ1) is 14.7. The van der Waals surface area contributed by atoms with Crippen molar-refractivity contribution in [3.05, 3.63) is 75.8 Å². The van der Waals surface area contributed by atoms with E-state index in [2.05, 4.69) is 25.8 Å². The predicted octanol–water partition coefficient (Wildman–Crippen LogP) is 4.96. The molecule has 0 radical (unpaired) electrons. The Hall–Kier alpha value is -2.99. The number of hydrogen-bond donors (Lipinski definition) is 0. The minimum atomic E-state index is -0.370. The lowest BCUT2D eigenvalue weighted by Gasteiger charge is -2.20. The number of aromatic nitrogens is 2. The Morgan fingerprint density at radius 3 is 2.39 bits per heavy atom. The summed E-state index contributed by atoms with van der Waals surface area (Å²) in [6, 6.07) is 14.8. The van der Waals surface area contributed by atoms with Crippen molar-refractivity contribution >= 4 is 17.4 Å². The van der Waals surface area contributed by atoms with Crippen LogP contribution in [0.3, 0.4) is 0 Å². The lowest BCUT2D eigenvalue weighted by atomic mass is 9.99. The van der Waals surface area contributed by atoms with Crippen LogP contribution in [0.5, 0.6) is 11.5 Å². The summed E-state index contributed by atoms with van der Waals surface area (Å²) in [5.74, 6) is 1.80. The van der Waals surface area contributed by atoms with Crippen molar-refractivity contribution < 1.29 is 9.47 Å². The molecule has 1 aromatic heterocycles. The second-order valence-electron chi connectivity index (χ2n) is 8.61. The topological polar surface area (TPSA) is 56.6 Å². The molecule has 0 fully saturated rings. The molecule has 31 heavy (non-hydrogen) atoms. The SMILES string of the molecule is COc1cc(-n2ccc(N(C)Cc3ccc(Cl)cc3)nc2=O)ccc1OCC(C)(C)C. The van der Waals surface area contributed by atoms with Crippen LogP contribution < -0.4 is 20.1 Å². The van der Waals surface area contributed by atoms with Crippen molar-refractivity contribution in [1.29, 1.82) is 0 Å². The molecule has 0 amide bonds. The molecule has 1 heterocycles. The minimum absolute atomic E-state index is 0.0262. The first kappa shape index (κ1) is 22.7. The van der Waals surface area contributed by atoms with Gasteiger partial charge >= 0.3 is 5.69 Å². The second kappa shape index (κ2) is 9.43. The number of ether oxygens (including phenoxy) is 2. The van der Waals surface area contributed by atoms with Crippen LogP contribution in [-0.4, -0.2) is 30.3 Å². The molecule has 3 rings (SSSR count). The molecule has 0 bridgehead atoms. The fraction of sp³-hybridized carbons (Fsp3) is 0.333. The third-order valence-corrected chi connectivity index (χ3v) is 4.85. The maximum Gasteiger partial charge on any atom is 0.354 e. The van der Waals surface area contributed by atoms with Gasteiger partial charge in [-0.2, -0.15) is 4.98 Å². The van der Waals surface area contributed by atoms with Gasteiger partial charge in [0.25, 0.3) is 0 Å². The van der Waals surface area contributed by atoms with E-state index in [1.54, 1.807) is 19.4 Å². The van der Waals surface area contributed by atoms with E-state index in [0.29, 0.717) is 41.2 Å². The van der Waals surface area contributed by atoms with Gasteiger partial charge in [0, 0.05) is 30.9 Å². The summed E-state index contributed by atoms with van der Waals surface area (Å²) in [7, 11) is 3.48. The molecule has 164 valence electrons. The maximum absolute atomic E-state index is 12.7. The average Bonchev–Trinajstić information content (AvgIpc) is 2.73. The highest BCUT2D eigenvalue weighted by Gasteiger charge is 2.15. The smallest absolute Gasteiger partial charge is 0.354 e. The molecule has 0 aliphatic heterocycles. The van der Waals surface area contributed by atoms with Gasteiger partial charge in [-0.15, -0.1) is 0 Å². The van der Waals surface area contributed by atoms with E-state index < -0.39 is 0 Å². The van der Waals surface area contributed by atoms with Crippen LogP contribution in [0, 0.1) is 5.41 Å². The fourth-order valence-corrected chi connectivity index (χ4v) is 3.09. The van der Waals surface area contributed by atoms with Crippen LogP contribution in [0.2, 0.25) is 5.02 Å². The largest absolute Gasteiger partial charge is 0.493 e. The molecule has 0 atom stereocenters. The Morgan fingerprint density at radius 1 is 1.06 bits per heavy atom. The molecule has 7 heteroatoms. The van der Waals surface area contributed by atoms with Crippen LogP contribution in [0.15, 0.2) is 59.5 Å². The summed E-state index contributed by atoms with van der Waals surface area (Å²) in [6.07, 6.45) is 1.72. The van der Waals surface area contributed by atoms with Crippen molar-refractivity contribution in [2.45, 2.75) is 27.3 Å². The van der Waals surface area contributed by atoms with Crippen LogP contribution in [0.1, 0.15) is 26.3 Å². The lowest BCUT2D eigenvalue weighted by Crippen LogP contribution is -2.26. The highest BCUT2D eigenvalue weighted by molar-refractivity contribution is 6.30. The molecule has 0 aliphatic rings. The first-order valence-electron chi connectivity index (χ1n) is 10.0. The molecular weight excluding hydrogens is 414 g/mol. The monoisotopic (exact) mass is 441 g/mol. The number of benzene rings is 2. The van der Waals surface area contributed by atoms with E-state index >= 15 is 0 Å². The average molecular weight is 442 g/mol. The first-order valence-corrected chi connectivity index (χ1v) is 10.4.